The highest BCUT2D eigenvalue weighted by atomic mass is 16.5. The van der Waals surface area contributed by atoms with Crippen LogP contribution in [0.25, 0.3) is 0 Å². The van der Waals surface area contributed by atoms with Gasteiger partial charge in [-0.1, -0.05) is 20.8 Å². The van der Waals surface area contributed by atoms with E-state index in [4.69, 9.17) is 20.5 Å². The van der Waals surface area contributed by atoms with Gasteiger partial charge in [0.15, 0.2) is 0 Å². The van der Waals surface area contributed by atoms with Gasteiger partial charge in [-0.3, -0.25) is 9.80 Å². The van der Waals surface area contributed by atoms with Crippen LogP contribution in [0.1, 0.15) is 32.8 Å². The van der Waals surface area contributed by atoms with Crippen LogP contribution in [0.2, 0.25) is 0 Å². The molecule has 170 valence electrons. The molecule has 8 heteroatoms. The van der Waals surface area contributed by atoms with Crippen LogP contribution in [0.5, 0.6) is 0 Å². The second-order valence-corrected chi connectivity index (χ2v) is 9.57. The van der Waals surface area contributed by atoms with Crippen LogP contribution in [-0.4, -0.2) is 80.0 Å². The summed E-state index contributed by atoms with van der Waals surface area (Å²) in [5, 5.41) is 12.3. The van der Waals surface area contributed by atoms with Gasteiger partial charge in [-0.05, 0) is 36.1 Å². The smallest absolute Gasteiger partial charge is 0.404 e. The fourth-order valence-electron chi connectivity index (χ4n) is 4.51. The summed E-state index contributed by atoms with van der Waals surface area (Å²) >= 11 is 0. The van der Waals surface area contributed by atoms with E-state index in [1.54, 1.807) is 0 Å². The molecule has 3 unspecified atom stereocenters. The maximum atomic E-state index is 11.1. The molecule has 3 N–H and O–H groups in total. The SMILES string of the molecule is CC(C)(C)C(COC(N)=O)N1CC2CN(CCCNc3ccc(C#N)cc3)CC(C1)O2. The first-order valence-electron chi connectivity index (χ1n) is 11.0. The maximum Gasteiger partial charge on any atom is 0.404 e. The summed E-state index contributed by atoms with van der Waals surface area (Å²) in [5.74, 6) is 0. The molecule has 31 heavy (non-hydrogen) atoms. The molecule has 2 bridgehead atoms. The van der Waals surface area contributed by atoms with Crippen molar-refractivity contribution in [2.24, 2.45) is 11.1 Å². The van der Waals surface area contributed by atoms with Crippen LogP contribution < -0.4 is 11.1 Å². The summed E-state index contributed by atoms with van der Waals surface area (Å²) in [6.07, 6.45) is 0.651. The van der Waals surface area contributed by atoms with Crippen LogP contribution >= 0.6 is 0 Å². The molecular formula is C23H35N5O3. The fourth-order valence-corrected chi connectivity index (χ4v) is 4.51. The Balaban J connectivity index is 1.45. The highest BCUT2D eigenvalue weighted by molar-refractivity contribution is 5.64. The number of primary amides is 1. The van der Waals surface area contributed by atoms with Gasteiger partial charge in [0.25, 0.3) is 0 Å². The lowest BCUT2D eigenvalue weighted by molar-refractivity contribution is -0.156. The molecule has 2 aliphatic heterocycles. The number of amides is 1. The molecule has 2 heterocycles. The minimum atomic E-state index is -0.719. The van der Waals surface area contributed by atoms with Crippen LogP contribution in [0, 0.1) is 16.7 Å². The van der Waals surface area contributed by atoms with Gasteiger partial charge in [-0.2, -0.15) is 5.26 Å². The first-order chi connectivity index (χ1) is 14.7. The number of nitrogens with one attached hydrogen (secondary N) is 1. The molecule has 3 atom stereocenters. The third kappa shape index (κ3) is 6.82. The Labute approximate surface area is 185 Å². The molecule has 2 fully saturated rings. The predicted octanol–water partition coefficient (Wildman–Crippen LogP) is 2.26. The molecule has 1 amide bonds. The molecular weight excluding hydrogens is 394 g/mol. The molecule has 2 saturated heterocycles. The fraction of sp³-hybridized carbons (Fsp3) is 0.652. The first-order valence-corrected chi connectivity index (χ1v) is 11.0. The number of anilines is 1. The van der Waals surface area contributed by atoms with Crippen LogP contribution in [0.4, 0.5) is 10.5 Å². The van der Waals surface area contributed by atoms with Crippen molar-refractivity contribution in [3.63, 3.8) is 0 Å². The highest BCUT2D eigenvalue weighted by Crippen LogP contribution is 2.29. The number of morpholine rings is 2. The third-order valence-corrected chi connectivity index (χ3v) is 6.00. The van der Waals surface area contributed by atoms with Gasteiger partial charge in [0.1, 0.15) is 6.61 Å². The van der Waals surface area contributed by atoms with Gasteiger partial charge in [-0.25, -0.2) is 4.79 Å². The Morgan fingerprint density at radius 2 is 1.90 bits per heavy atom. The standard InChI is InChI=1S/C23H35N5O3/c1-23(2,3)21(16-30-22(25)29)28-14-19-12-27(13-20(15-28)31-19)10-4-9-26-18-7-5-17(11-24)6-8-18/h5-8,19-21,26H,4,9-10,12-16H2,1-3H3,(H2,25,29). The monoisotopic (exact) mass is 429 g/mol. The molecule has 1 aromatic carbocycles. The summed E-state index contributed by atoms with van der Waals surface area (Å²) in [7, 11) is 0. The van der Waals surface area contributed by atoms with Crippen molar-refractivity contribution in [1.82, 2.24) is 9.80 Å². The van der Waals surface area contributed by atoms with Crippen molar-refractivity contribution in [3.8, 4) is 6.07 Å². The summed E-state index contributed by atoms with van der Waals surface area (Å²) < 4.78 is 11.4. The topological polar surface area (TPSA) is 104 Å². The minimum absolute atomic E-state index is 0.0299. The Hall–Kier alpha value is -2.34. The Bertz CT molecular complexity index is 757. The normalized spacial score (nSPS) is 23.0. The molecule has 2 aliphatic rings. The zero-order valence-electron chi connectivity index (χ0n) is 18.8. The van der Waals surface area contributed by atoms with Gasteiger partial charge in [-0.15, -0.1) is 0 Å². The van der Waals surface area contributed by atoms with Crippen molar-refractivity contribution < 1.29 is 14.3 Å². The van der Waals surface area contributed by atoms with E-state index in [1.165, 1.54) is 0 Å². The van der Waals surface area contributed by atoms with E-state index in [1.807, 2.05) is 24.3 Å². The lowest BCUT2D eigenvalue weighted by atomic mass is 9.85. The number of carbonyl (C=O) groups excluding carboxylic acids is 1. The average Bonchev–Trinajstić information content (AvgIpc) is 2.70. The maximum absolute atomic E-state index is 11.1. The van der Waals surface area contributed by atoms with E-state index < -0.39 is 6.09 Å². The largest absolute Gasteiger partial charge is 0.448 e. The number of nitriles is 1. The van der Waals surface area contributed by atoms with E-state index in [2.05, 4.69) is 42.0 Å². The van der Waals surface area contributed by atoms with E-state index in [0.29, 0.717) is 12.2 Å². The van der Waals surface area contributed by atoms with Gasteiger partial charge >= 0.3 is 6.09 Å². The molecule has 0 spiro atoms. The summed E-state index contributed by atoms with van der Waals surface area (Å²) in [5.41, 5.74) is 6.89. The zero-order chi connectivity index (χ0) is 22.4. The second kappa shape index (κ2) is 10.3. The number of carbonyl (C=O) groups is 1. The molecule has 1 aromatic rings. The van der Waals surface area contributed by atoms with Gasteiger partial charge in [0, 0.05) is 51.0 Å². The molecule has 3 rings (SSSR count). The lowest BCUT2D eigenvalue weighted by Gasteiger charge is -2.50. The number of nitrogens with two attached hydrogens (primary N) is 1. The number of nitrogens with zero attached hydrogens (tertiary/aromatic N) is 3. The van der Waals surface area contributed by atoms with E-state index in [0.717, 1.165) is 51.4 Å². The summed E-state index contributed by atoms with van der Waals surface area (Å²) in [6.45, 7) is 12.2. The van der Waals surface area contributed by atoms with Crippen molar-refractivity contribution >= 4 is 11.8 Å². The van der Waals surface area contributed by atoms with Gasteiger partial charge < -0.3 is 20.5 Å². The van der Waals surface area contributed by atoms with E-state index in [-0.39, 0.29) is 23.7 Å². The van der Waals surface area contributed by atoms with Crippen molar-refractivity contribution in [1.29, 1.82) is 5.26 Å². The summed E-state index contributed by atoms with van der Waals surface area (Å²) in [4.78, 5) is 16.0. The number of hydrogen-bond acceptors (Lipinski definition) is 7. The van der Waals surface area contributed by atoms with Crippen LogP contribution in [0.3, 0.4) is 0 Å². The van der Waals surface area contributed by atoms with Crippen LogP contribution in [-0.2, 0) is 9.47 Å². The lowest BCUT2D eigenvalue weighted by Crippen LogP contribution is -2.63. The molecule has 0 aromatic heterocycles. The van der Waals surface area contributed by atoms with E-state index >= 15 is 0 Å². The number of hydrogen-bond donors (Lipinski definition) is 2. The average molecular weight is 430 g/mol. The van der Waals surface area contributed by atoms with E-state index in [9.17, 15) is 4.79 Å². The second-order valence-electron chi connectivity index (χ2n) is 9.57. The zero-order valence-corrected chi connectivity index (χ0v) is 18.8. The van der Waals surface area contributed by atoms with Gasteiger partial charge in [0.05, 0.1) is 23.8 Å². The Kier molecular flexibility index (Phi) is 7.76. The number of rotatable bonds is 8. The van der Waals surface area contributed by atoms with Crippen molar-refractivity contribution in [2.45, 2.75) is 45.4 Å². The van der Waals surface area contributed by atoms with Crippen molar-refractivity contribution in [2.75, 3.05) is 51.2 Å². The Morgan fingerprint density at radius 3 is 2.45 bits per heavy atom. The minimum Gasteiger partial charge on any atom is -0.448 e. The quantitative estimate of drug-likeness (QED) is 0.611. The molecule has 8 nitrogen and oxygen atoms in total. The molecule has 0 radical (unpaired) electrons. The number of ether oxygens (including phenoxy) is 2. The molecule has 0 aliphatic carbocycles. The Morgan fingerprint density at radius 1 is 1.26 bits per heavy atom. The predicted molar refractivity (Wildman–Crippen MR) is 120 cm³/mol. The third-order valence-electron chi connectivity index (χ3n) is 6.00. The number of benzene rings is 1. The molecule has 0 saturated carbocycles. The van der Waals surface area contributed by atoms with Crippen LogP contribution in [0.15, 0.2) is 24.3 Å². The van der Waals surface area contributed by atoms with Crippen molar-refractivity contribution in [3.05, 3.63) is 29.8 Å². The first kappa shape index (κ1) is 23.3. The highest BCUT2D eigenvalue weighted by Gasteiger charge is 2.40. The van der Waals surface area contributed by atoms with Gasteiger partial charge in [0.2, 0.25) is 0 Å². The number of fused-ring (bicyclic) bond motifs is 2. The summed E-state index contributed by atoms with van der Waals surface area (Å²) in [6, 6.07) is 9.79.